The van der Waals surface area contributed by atoms with E-state index >= 15 is 0 Å². The van der Waals surface area contributed by atoms with Crippen molar-refractivity contribution in [3.8, 4) is 51.0 Å². The van der Waals surface area contributed by atoms with E-state index in [1.807, 2.05) is 66.7 Å². The average molecular weight is 731 g/mol. The van der Waals surface area contributed by atoms with Crippen LogP contribution in [-0.2, 0) is 0 Å². The topological polar surface area (TPSA) is 69.9 Å². The van der Waals surface area contributed by atoms with Gasteiger partial charge in [0.2, 0.25) is 0 Å². The van der Waals surface area contributed by atoms with Gasteiger partial charge < -0.3 is 13.4 Å². The Morgan fingerprint density at radius 3 is 1.84 bits per heavy atom. The van der Waals surface area contributed by atoms with Gasteiger partial charge in [-0.05, 0) is 53.6 Å². The number of hydrogen-bond donors (Lipinski definition) is 0. The first-order valence-electron chi connectivity index (χ1n) is 19.0. The lowest BCUT2D eigenvalue weighted by atomic mass is 10.0. The minimum absolute atomic E-state index is 0.572. The van der Waals surface area contributed by atoms with Crippen LogP contribution in [0.3, 0.4) is 0 Å². The lowest BCUT2D eigenvalue weighted by molar-refractivity contribution is 0.666. The van der Waals surface area contributed by atoms with Crippen molar-refractivity contribution >= 4 is 65.7 Å². The van der Waals surface area contributed by atoms with Crippen molar-refractivity contribution in [3.05, 3.63) is 182 Å². The van der Waals surface area contributed by atoms with Gasteiger partial charge in [-0.15, -0.1) is 0 Å². The first kappa shape index (κ1) is 31.5. The SMILES string of the molecule is c1ccc(-c2ccc3oc4c(-n5c6ccccc6c6cccc(-c7nc(-c8ccccc8)nc(-c8cccc9oc%10ccccc%10c89)n7)c65)cccc4c3c2)cc1. The average Bonchev–Trinajstić information content (AvgIpc) is 3.96. The van der Waals surface area contributed by atoms with Gasteiger partial charge in [-0.2, -0.15) is 0 Å². The molecule has 0 unspecified atom stereocenters. The summed E-state index contributed by atoms with van der Waals surface area (Å²) in [6.45, 7) is 0. The van der Waals surface area contributed by atoms with E-state index in [-0.39, 0.29) is 0 Å². The van der Waals surface area contributed by atoms with E-state index in [1.54, 1.807) is 0 Å². The molecule has 0 saturated heterocycles. The Balaban J connectivity index is 1.14. The number of fused-ring (bicyclic) bond motifs is 9. The number of nitrogens with zero attached hydrogens (tertiary/aromatic N) is 4. The second-order valence-electron chi connectivity index (χ2n) is 14.3. The number of aromatic nitrogens is 4. The Labute approximate surface area is 325 Å². The summed E-state index contributed by atoms with van der Waals surface area (Å²) in [6, 6.07) is 62.6. The molecule has 12 aromatic rings. The van der Waals surface area contributed by atoms with Crippen LogP contribution < -0.4 is 0 Å². The van der Waals surface area contributed by atoms with E-state index in [4.69, 9.17) is 23.8 Å². The Morgan fingerprint density at radius 1 is 0.368 bits per heavy atom. The van der Waals surface area contributed by atoms with Crippen LogP contribution in [0.2, 0.25) is 0 Å². The van der Waals surface area contributed by atoms with E-state index in [0.717, 1.165) is 93.6 Å². The molecule has 0 aliphatic heterocycles. The third kappa shape index (κ3) is 4.87. The lowest BCUT2D eigenvalue weighted by Gasteiger charge is -2.13. The third-order valence-corrected chi connectivity index (χ3v) is 11.1. The standard InChI is InChI=1S/C51H30N4O2/c1-3-14-31(15-4-1)33-28-29-44-40(30-33)36-21-12-25-42(48(36)57-44)55-41-24-9-7-18-34(41)35-20-11-23-39(47(35)55)51-53-49(32-16-5-2-6-17-32)52-50(54-51)38-22-13-27-45-46(38)37-19-8-10-26-43(37)56-45/h1-30H. The molecular weight excluding hydrogens is 701 g/mol. The molecule has 57 heavy (non-hydrogen) atoms. The van der Waals surface area contributed by atoms with Crippen molar-refractivity contribution in [3.63, 3.8) is 0 Å². The predicted octanol–water partition coefficient (Wildman–Crippen LogP) is 13.4. The molecule has 0 spiro atoms. The first-order valence-corrected chi connectivity index (χ1v) is 19.0. The van der Waals surface area contributed by atoms with Crippen LogP contribution in [0.25, 0.3) is 117 Å². The van der Waals surface area contributed by atoms with Crippen molar-refractivity contribution in [2.45, 2.75) is 0 Å². The Bertz CT molecular complexity index is 3530. The van der Waals surface area contributed by atoms with Crippen molar-refractivity contribution in [1.82, 2.24) is 19.5 Å². The molecule has 0 bridgehead atoms. The highest BCUT2D eigenvalue weighted by Gasteiger charge is 2.23. The molecule has 0 aliphatic carbocycles. The molecule has 0 atom stereocenters. The van der Waals surface area contributed by atoms with Crippen LogP contribution in [0, 0.1) is 0 Å². The van der Waals surface area contributed by atoms with E-state index in [9.17, 15) is 0 Å². The maximum absolute atomic E-state index is 6.79. The summed E-state index contributed by atoms with van der Waals surface area (Å²) in [5, 5.41) is 6.34. The Kier molecular flexibility index (Phi) is 6.83. The second-order valence-corrected chi connectivity index (χ2v) is 14.3. The van der Waals surface area contributed by atoms with Gasteiger partial charge in [0.15, 0.2) is 23.1 Å². The van der Waals surface area contributed by atoms with Crippen molar-refractivity contribution in [1.29, 1.82) is 0 Å². The van der Waals surface area contributed by atoms with E-state index in [0.29, 0.717) is 17.5 Å². The van der Waals surface area contributed by atoms with Crippen molar-refractivity contribution in [2.24, 2.45) is 0 Å². The highest BCUT2D eigenvalue weighted by molar-refractivity contribution is 6.16. The van der Waals surface area contributed by atoms with Crippen LogP contribution in [0.15, 0.2) is 191 Å². The third-order valence-electron chi connectivity index (χ3n) is 11.1. The number of furan rings is 2. The fourth-order valence-electron chi connectivity index (χ4n) is 8.51. The molecule has 266 valence electrons. The summed E-state index contributed by atoms with van der Waals surface area (Å²) in [5.74, 6) is 1.74. The van der Waals surface area contributed by atoms with E-state index in [2.05, 4.69) is 120 Å². The van der Waals surface area contributed by atoms with Crippen LogP contribution in [0.5, 0.6) is 0 Å². The molecule has 12 rings (SSSR count). The molecule has 4 heterocycles. The summed E-state index contributed by atoms with van der Waals surface area (Å²) < 4.78 is 15.4. The molecule has 6 heteroatoms. The Morgan fingerprint density at radius 2 is 0.982 bits per heavy atom. The summed E-state index contributed by atoms with van der Waals surface area (Å²) in [4.78, 5) is 15.7. The molecule has 4 aromatic heterocycles. The van der Waals surface area contributed by atoms with Crippen LogP contribution in [0.4, 0.5) is 0 Å². The minimum atomic E-state index is 0.572. The fraction of sp³-hybridized carbons (Fsp3) is 0. The highest BCUT2D eigenvalue weighted by Crippen LogP contribution is 2.42. The number of para-hydroxylation sites is 4. The fourth-order valence-corrected chi connectivity index (χ4v) is 8.51. The van der Waals surface area contributed by atoms with Gasteiger partial charge in [-0.3, -0.25) is 0 Å². The molecule has 6 nitrogen and oxygen atoms in total. The van der Waals surface area contributed by atoms with Gasteiger partial charge in [0.05, 0.1) is 16.7 Å². The largest absolute Gasteiger partial charge is 0.456 e. The van der Waals surface area contributed by atoms with E-state index < -0.39 is 0 Å². The molecule has 0 amide bonds. The summed E-state index contributed by atoms with van der Waals surface area (Å²) in [6.07, 6.45) is 0. The first-order chi connectivity index (χ1) is 28.3. The van der Waals surface area contributed by atoms with Crippen LogP contribution in [0.1, 0.15) is 0 Å². The summed E-state index contributed by atoms with van der Waals surface area (Å²) >= 11 is 0. The van der Waals surface area contributed by atoms with Crippen molar-refractivity contribution < 1.29 is 8.83 Å². The number of rotatable bonds is 5. The van der Waals surface area contributed by atoms with Gasteiger partial charge in [0, 0.05) is 49.0 Å². The lowest BCUT2D eigenvalue weighted by Crippen LogP contribution is -2.02. The quantitative estimate of drug-likeness (QED) is 0.176. The maximum Gasteiger partial charge on any atom is 0.166 e. The summed E-state index contributed by atoms with van der Waals surface area (Å²) in [5.41, 5.74) is 11.2. The molecule has 0 N–H and O–H groups in total. The van der Waals surface area contributed by atoms with Gasteiger partial charge in [-0.25, -0.2) is 15.0 Å². The zero-order valence-electron chi connectivity index (χ0n) is 30.4. The molecular formula is C51H30N4O2. The Hall–Kier alpha value is -7.83. The van der Waals surface area contributed by atoms with Gasteiger partial charge >= 0.3 is 0 Å². The van der Waals surface area contributed by atoms with E-state index in [1.165, 1.54) is 5.56 Å². The zero-order valence-corrected chi connectivity index (χ0v) is 30.4. The van der Waals surface area contributed by atoms with Crippen LogP contribution in [-0.4, -0.2) is 19.5 Å². The smallest absolute Gasteiger partial charge is 0.166 e. The molecule has 0 aliphatic rings. The zero-order chi connectivity index (χ0) is 37.5. The second kappa shape index (κ2) is 12.3. The van der Waals surface area contributed by atoms with Crippen LogP contribution >= 0.6 is 0 Å². The van der Waals surface area contributed by atoms with Crippen molar-refractivity contribution in [2.75, 3.05) is 0 Å². The molecule has 8 aromatic carbocycles. The normalized spacial score (nSPS) is 11.9. The van der Waals surface area contributed by atoms with Gasteiger partial charge in [0.25, 0.3) is 0 Å². The monoisotopic (exact) mass is 730 g/mol. The van der Waals surface area contributed by atoms with Gasteiger partial charge in [-0.1, -0.05) is 140 Å². The number of hydrogen-bond acceptors (Lipinski definition) is 5. The van der Waals surface area contributed by atoms with Gasteiger partial charge in [0.1, 0.15) is 16.7 Å². The predicted molar refractivity (Wildman–Crippen MR) is 230 cm³/mol. The maximum atomic E-state index is 6.79. The molecule has 0 saturated carbocycles. The number of benzene rings is 8. The molecule has 0 fully saturated rings. The molecule has 0 radical (unpaired) electrons. The minimum Gasteiger partial charge on any atom is -0.456 e. The summed E-state index contributed by atoms with van der Waals surface area (Å²) in [7, 11) is 0. The highest BCUT2D eigenvalue weighted by atomic mass is 16.3.